The first-order chi connectivity index (χ1) is 8.77. The second-order valence-electron chi connectivity index (χ2n) is 4.10. The summed E-state index contributed by atoms with van der Waals surface area (Å²) >= 11 is 0. The molecule has 0 aliphatic rings. The molecule has 0 rings (SSSR count). The predicted octanol–water partition coefficient (Wildman–Crippen LogP) is 4.66. The summed E-state index contributed by atoms with van der Waals surface area (Å²) in [5.41, 5.74) is 0. The maximum atomic E-state index is 10.2. The predicted molar refractivity (Wildman–Crippen MR) is 77.6 cm³/mol. The highest BCUT2D eigenvalue weighted by Crippen LogP contribution is 2.05. The van der Waals surface area contributed by atoms with Crippen LogP contribution in [0.3, 0.4) is 0 Å². The van der Waals surface area contributed by atoms with Crippen molar-refractivity contribution in [1.82, 2.24) is 0 Å². The van der Waals surface area contributed by atoms with Gasteiger partial charge >= 0.3 is 5.97 Å². The van der Waals surface area contributed by atoms with Crippen LogP contribution in [0.15, 0.2) is 48.6 Å². The molecule has 100 valence electrons. The molecule has 0 radical (unpaired) electrons. The third-order valence-electron chi connectivity index (χ3n) is 2.40. The van der Waals surface area contributed by atoms with Crippen molar-refractivity contribution in [3.63, 3.8) is 0 Å². The molecule has 2 nitrogen and oxygen atoms in total. The third kappa shape index (κ3) is 14.4. The summed E-state index contributed by atoms with van der Waals surface area (Å²) in [6.07, 6.45) is 21.9. The summed E-state index contributed by atoms with van der Waals surface area (Å²) in [6, 6.07) is 0. The summed E-state index contributed by atoms with van der Waals surface area (Å²) in [5.74, 6) is -0.924. The number of aliphatic carboxylic acids is 1. The fourth-order valence-corrected chi connectivity index (χ4v) is 1.44. The van der Waals surface area contributed by atoms with Crippen LogP contribution in [0, 0.1) is 0 Å². The van der Waals surface area contributed by atoms with Gasteiger partial charge in [-0.15, -0.1) is 0 Å². The summed E-state index contributed by atoms with van der Waals surface area (Å²) in [6.45, 7) is 2.23. The molecule has 0 bridgehead atoms. The van der Waals surface area contributed by atoms with Crippen LogP contribution in [0.25, 0.3) is 0 Å². The van der Waals surface area contributed by atoms with E-state index < -0.39 is 5.97 Å². The lowest BCUT2D eigenvalue weighted by Gasteiger charge is -1.95. The van der Waals surface area contributed by atoms with Crippen LogP contribution in [0.5, 0.6) is 0 Å². The van der Waals surface area contributed by atoms with Gasteiger partial charge in [0.25, 0.3) is 0 Å². The maximum absolute atomic E-state index is 10.2. The highest BCUT2D eigenvalue weighted by molar-refractivity contribution is 5.80. The van der Waals surface area contributed by atoms with Crippen LogP contribution in [0.2, 0.25) is 0 Å². The van der Waals surface area contributed by atoms with Crippen LogP contribution >= 0.6 is 0 Å². The van der Waals surface area contributed by atoms with Crippen molar-refractivity contribution >= 4 is 5.97 Å². The van der Waals surface area contributed by atoms with Gasteiger partial charge in [0.1, 0.15) is 0 Å². The topological polar surface area (TPSA) is 37.3 Å². The monoisotopic (exact) mass is 248 g/mol. The number of carbonyl (C=O) groups is 1. The Balaban J connectivity index is 3.48. The molecular formula is C16H24O2. The van der Waals surface area contributed by atoms with E-state index in [0.29, 0.717) is 0 Å². The van der Waals surface area contributed by atoms with E-state index in [1.54, 1.807) is 6.08 Å². The second kappa shape index (κ2) is 13.5. The molecule has 0 spiro atoms. The molecule has 0 aliphatic heterocycles. The number of hydrogen-bond acceptors (Lipinski definition) is 1. The normalized spacial score (nSPS) is 12.5. The van der Waals surface area contributed by atoms with E-state index in [1.807, 2.05) is 24.3 Å². The van der Waals surface area contributed by atoms with Crippen LogP contribution in [0.1, 0.15) is 45.4 Å². The van der Waals surface area contributed by atoms with E-state index in [-0.39, 0.29) is 0 Å². The summed E-state index contributed by atoms with van der Waals surface area (Å²) in [5, 5.41) is 8.34. The van der Waals surface area contributed by atoms with E-state index in [1.165, 1.54) is 38.2 Å². The van der Waals surface area contributed by atoms with Gasteiger partial charge in [0.05, 0.1) is 0 Å². The first-order valence-electron chi connectivity index (χ1n) is 6.67. The molecule has 0 atom stereocenters. The number of allylic oxidation sites excluding steroid dienone is 7. The number of unbranched alkanes of at least 4 members (excludes halogenated alkanes) is 5. The minimum atomic E-state index is -0.924. The molecule has 0 saturated heterocycles. The summed E-state index contributed by atoms with van der Waals surface area (Å²) in [7, 11) is 0. The first kappa shape index (κ1) is 16.4. The maximum Gasteiger partial charge on any atom is 0.328 e. The second-order valence-corrected chi connectivity index (χ2v) is 4.10. The average molecular weight is 248 g/mol. The lowest BCUT2D eigenvalue weighted by atomic mass is 10.1. The molecule has 0 amide bonds. The van der Waals surface area contributed by atoms with Crippen LogP contribution in [-0.2, 0) is 4.79 Å². The van der Waals surface area contributed by atoms with Gasteiger partial charge in [-0.25, -0.2) is 4.79 Å². The Bertz CT molecular complexity index is 309. The number of carboxylic acids is 1. The number of carboxylic acid groups (broad SMARTS) is 1. The van der Waals surface area contributed by atoms with Gasteiger partial charge in [-0.1, -0.05) is 75.1 Å². The molecule has 0 fully saturated rings. The Hall–Kier alpha value is -1.57. The lowest BCUT2D eigenvalue weighted by Crippen LogP contribution is -1.84. The fourth-order valence-electron chi connectivity index (χ4n) is 1.44. The van der Waals surface area contributed by atoms with Crippen molar-refractivity contribution in [3.8, 4) is 0 Å². The fraction of sp³-hybridized carbons (Fsp3) is 0.438. The van der Waals surface area contributed by atoms with Crippen LogP contribution in [0.4, 0.5) is 0 Å². The van der Waals surface area contributed by atoms with Crippen molar-refractivity contribution in [2.24, 2.45) is 0 Å². The molecule has 18 heavy (non-hydrogen) atoms. The van der Waals surface area contributed by atoms with Gasteiger partial charge in [0.15, 0.2) is 0 Å². The van der Waals surface area contributed by atoms with Gasteiger partial charge in [0, 0.05) is 6.08 Å². The smallest absolute Gasteiger partial charge is 0.328 e. The Kier molecular flexibility index (Phi) is 12.3. The Morgan fingerprint density at radius 2 is 1.50 bits per heavy atom. The van der Waals surface area contributed by atoms with Crippen LogP contribution < -0.4 is 0 Å². The Morgan fingerprint density at radius 3 is 2.17 bits per heavy atom. The first-order valence-corrected chi connectivity index (χ1v) is 6.67. The molecule has 1 N–H and O–H groups in total. The molecule has 0 aromatic carbocycles. The molecule has 0 saturated carbocycles. The average Bonchev–Trinajstić information content (AvgIpc) is 2.34. The number of hydrogen-bond donors (Lipinski definition) is 1. The molecule has 0 aromatic rings. The highest BCUT2D eigenvalue weighted by atomic mass is 16.4. The largest absolute Gasteiger partial charge is 0.478 e. The van der Waals surface area contributed by atoms with Gasteiger partial charge < -0.3 is 5.11 Å². The lowest BCUT2D eigenvalue weighted by molar-refractivity contribution is -0.131. The molecule has 0 unspecified atom stereocenters. The zero-order chi connectivity index (χ0) is 13.5. The van der Waals surface area contributed by atoms with E-state index in [4.69, 9.17) is 5.11 Å². The SMILES string of the molecule is CCCCCCC\C=C/C=C\C=C\C=C/C(=O)O. The number of rotatable bonds is 10. The van der Waals surface area contributed by atoms with E-state index >= 15 is 0 Å². The van der Waals surface area contributed by atoms with E-state index in [0.717, 1.165) is 12.5 Å². The van der Waals surface area contributed by atoms with Crippen molar-refractivity contribution in [2.75, 3.05) is 0 Å². The third-order valence-corrected chi connectivity index (χ3v) is 2.40. The molecule has 0 aliphatic carbocycles. The van der Waals surface area contributed by atoms with Gasteiger partial charge in [-0.3, -0.25) is 0 Å². The van der Waals surface area contributed by atoms with Crippen molar-refractivity contribution in [3.05, 3.63) is 48.6 Å². The molecule has 0 aromatic heterocycles. The summed E-state index contributed by atoms with van der Waals surface area (Å²) < 4.78 is 0. The molecule has 2 heteroatoms. The summed E-state index contributed by atoms with van der Waals surface area (Å²) in [4.78, 5) is 10.2. The molecule has 0 heterocycles. The zero-order valence-corrected chi connectivity index (χ0v) is 11.2. The quantitative estimate of drug-likeness (QED) is 0.347. The highest BCUT2D eigenvalue weighted by Gasteiger charge is 1.85. The van der Waals surface area contributed by atoms with Gasteiger partial charge in [0.2, 0.25) is 0 Å². The van der Waals surface area contributed by atoms with E-state index in [2.05, 4.69) is 13.0 Å². The van der Waals surface area contributed by atoms with Crippen molar-refractivity contribution in [1.29, 1.82) is 0 Å². The standard InChI is InChI=1S/C16H24O2/c1-2-3-4-5-6-7-8-9-10-11-12-13-14-15-16(17)18/h8-15H,2-7H2,1H3,(H,17,18)/b9-8-,11-10-,13-12+,15-14-. The van der Waals surface area contributed by atoms with E-state index in [9.17, 15) is 4.79 Å². The Morgan fingerprint density at radius 1 is 0.889 bits per heavy atom. The Labute approximate surface area is 110 Å². The zero-order valence-electron chi connectivity index (χ0n) is 11.2. The van der Waals surface area contributed by atoms with Crippen molar-refractivity contribution in [2.45, 2.75) is 45.4 Å². The molecular weight excluding hydrogens is 224 g/mol. The van der Waals surface area contributed by atoms with Crippen LogP contribution in [-0.4, -0.2) is 11.1 Å². The minimum Gasteiger partial charge on any atom is -0.478 e. The van der Waals surface area contributed by atoms with Crippen molar-refractivity contribution < 1.29 is 9.90 Å². The van der Waals surface area contributed by atoms with Gasteiger partial charge in [-0.05, 0) is 12.8 Å². The van der Waals surface area contributed by atoms with Gasteiger partial charge in [-0.2, -0.15) is 0 Å². The minimum absolute atomic E-state index is 0.924.